The second kappa shape index (κ2) is 9.91. The maximum Gasteiger partial charge on any atom is 0.251 e. The Morgan fingerprint density at radius 2 is 1.12 bits per heavy atom. The number of benzene rings is 1. The normalized spacial score (nSPS) is 29.8. The van der Waals surface area contributed by atoms with Crippen molar-refractivity contribution in [3.63, 3.8) is 0 Å². The number of nitrogens with one attached hydrogen (secondary N) is 2. The van der Waals surface area contributed by atoms with Crippen molar-refractivity contribution < 1.29 is 28.7 Å². The summed E-state index contributed by atoms with van der Waals surface area (Å²) in [7, 11) is 0. The Labute approximate surface area is 197 Å². The molecule has 4 saturated heterocycles. The lowest BCUT2D eigenvalue weighted by Crippen LogP contribution is -2.42. The van der Waals surface area contributed by atoms with Crippen LogP contribution in [0.4, 0.5) is 11.4 Å². The number of carbonyl (C=O) groups is 4. The summed E-state index contributed by atoms with van der Waals surface area (Å²) in [5, 5.41) is 6.32. The molecule has 0 spiro atoms. The van der Waals surface area contributed by atoms with Crippen LogP contribution in [0.2, 0.25) is 0 Å². The van der Waals surface area contributed by atoms with Gasteiger partial charge in [-0.15, -0.1) is 0 Å². The van der Waals surface area contributed by atoms with Crippen LogP contribution in [-0.2, 0) is 28.7 Å². The number of imide groups is 2. The lowest BCUT2D eigenvalue weighted by Gasteiger charge is -2.19. The largest absolute Gasteiger partial charge is 0.377 e. The smallest absolute Gasteiger partial charge is 0.251 e. The highest BCUT2D eigenvalue weighted by molar-refractivity contribution is 6.24. The molecule has 10 heteroatoms. The molecule has 0 aliphatic carbocycles. The Hall–Kier alpha value is -2.66. The van der Waals surface area contributed by atoms with Crippen molar-refractivity contribution >= 4 is 35.0 Å². The first-order chi connectivity index (χ1) is 16.5. The second-order valence-corrected chi connectivity index (χ2v) is 9.25. The van der Waals surface area contributed by atoms with Gasteiger partial charge in [0.1, 0.15) is 0 Å². The molecular weight excluding hydrogens is 440 g/mol. The highest BCUT2D eigenvalue weighted by Crippen LogP contribution is 2.29. The van der Waals surface area contributed by atoms with Gasteiger partial charge in [0.2, 0.25) is 11.8 Å². The Morgan fingerprint density at radius 1 is 0.706 bits per heavy atom. The fraction of sp³-hybridized carbons (Fsp3) is 0.583. The first kappa shape index (κ1) is 23.1. The minimum atomic E-state index is -0.575. The molecular formula is C24H30N4O6. The van der Waals surface area contributed by atoms with Gasteiger partial charge in [0.15, 0.2) is 0 Å². The summed E-state index contributed by atoms with van der Waals surface area (Å²) >= 11 is 0. The number of hydrogen-bond donors (Lipinski definition) is 2. The van der Waals surface area contributed by atoms with Crippen LogP contribution in [0, 0.1) is 0 Å². The fourth-order valence-corrected chi connectivity index (χ4v) is 5.03. The van der Waals surface area contributed by atoms with Gasteiger partial charge in [0.25, 0.3) is 11.8 Å². The third-order valence-electron chi connectivity index (χ3n) is 6.89. The zero-order valence-corrected chi connectivity index (χ0v) is 19.0. The van der Waals surface area contributed by atoms with Gasteiger partial charge < -0.3 is 20.1 Å². The Balaban J connectivity index is 1.20. The molecule has 0 bridgehead atoms. The number of hydrogen-bond acceptors (Lipinski definition) is 8. The topological polar surface area (TPSA) is 117 Å². The van der Waals surface area contributed by atoms with Crippen molar-refractivity contribution in [1.82, 2.24) is 10.6 Å². The van der Waals surface area contributed by atoms with Crippen LogP contribution in [0.3, 0.4) is 0 Å². The van der Waals surface area contributed by atoms with E-state index < -0.39 is 12.1 Å². The predicted octanol–water partition coefficient (Wildman–Crippen LogP) is 0.488. The minimum Gasteiger partial charge on any atom is -0.377 e. The number of ether oxygens (including phenoxy) is 2. The molecule has 4 unspecified atom stereocenters. The zero-order chi connectivity index (χ0) is 23.7. The summed E-state index contributed by atoms with van der Waals surface area (Å²) < 4.78 is 11.1. The van der Waals surface area contributed by atoms with E-state index >= 15 is 0 Å². The monoisotopic (exact) mass is 470 g/mol. The number of anilines is 2. The third kappa shape index (κ3) is 4.63. The maximum absolute atomic E-state index is 12.9. The summed E-state index contributed by atoms with van der Waals surface area (Å²) in [5.74, 6) is -1.17. The molecule has 4 fully saturated rings. The van der Waals surface area contributed by atoms with E-state index in [1.807, 2.05) is 0 Å². The van der Waals surface area contributed by atoms with E-state index in [2.05, 4.69) is 10.6 Å². The number of nitrogens with zero attached hydrogens (tertiary/aromatic N) is 2. The molecule has 4 amide bonds. The van der Waals surface area contributed by atoms with Crippen LogP contribution in [-0.4, -0.2) is 74.2 Å². The number of carbonyl (C=O) groups excluding carboxylic acids is 4. The number of amides is 4. The molecule has 4 aliphatic heterocycles. The first-order valence-corrected chi connectivity index (χ1v) is 12.0. The van der Waals surface area contributed by atoms with Crippen LogP contribution in [0.15, 0.2) is 24.3 Å². The summed E-state index contributed by atoms with van der Waals surface area (Å²) in [6.45, 7) is 2.54. The first-order valence-electron chi connectivity index (χ1n) is 12.0. The summed E-state index contributed by atoms with van der Waals surface area (Å²) in [4.78, 5) is 53.2. The van der Waals surface area contributed by atoms with E-state index in [1.165, 1.54) is 0 Å². The quantitative estimate of drug-likeness (QED) is 0.527. The van der Waals surface area contributed by atoms with Crippen LogP contribution >= 0.6 is 0 Å². The average molecular weight is 471 g/mol. The Bertz CT molecular complexity index is 878. The molecule has 182 valence electrons. The van der Waals surface area contributed by atoms with Crippen molar-refractivity contribution in [1.29, 1.82) is 0 Å². The molecule has 1 aromatic rings. The molecule has 4 aliphatic rings. The van der Waals surface area contributed by atoms with Gasteiger partial charge in [0.05, 0.1) is 48.5 Å². The summed E-state index contributed by atoms with van der Waals surface area (Å²) in [6.07, 6.45) is 4.26. The van der Waals surface area contributed by atoms with Crippen molar-refractivity contribution in [2.24, 2.45) is 0 Å². The summed E-state index contributed by atoms with van der Waals surface area (Å²) in [6, 6.07) is 5.24. The molecule has 0 radical (unpaired) electrons. The lowest BCUT2D eigenvalue weighted by atomic mass is 10.2. The van der Waals surface area contributed by atoms with E-state index in [0.717, 1.165) is 48.7 Å². The van der Waals surface area contributed by atoms with Crippen molar-refractivity contribution in [3.8, 4) is 0 Å². The zero-order valence-electron chi connectivity index (χ0n) is 19.0. The van der Waals surface area contributed by atoms with Crippen LogP contribution in [0.25, 0.3) is 0 Å². The van der Waals surface area contributed by atoms with Gasteiger partial charge in [-0.3, -0.25) is 19.2 Å². The Kier molecular flexibility index (Phi) is 6.73. The molecule has 10 nitrogen and oxygen atoms in total. The predicted molar refractivity (Wildman–Crippen MR) is 122 cm³/mol. The molecule has 2 N–H and O–H groups in total. The van der Waals surface area contributed by atoms with Crippen molar-refractivity contribution in [2.75, 3.05) is 36.1 Å². The van der Waals surface area contributed by atoms with Gasteiger partial charge in [-0.05, 0) is 49.9 Å². The molecule has 0 saturated carbocycles. The lowest BCUT2D eigenvalue weighted by molar-refractivity contribution is -0.123. The highest BCUT2D eigenvalue weighted by Gasteiger charge is 2.41. The molecule has 0 aromatic heterocycles. The van der Waals surface area contributed by atoms with Gasteiger partial charge in [0, 0.05) is 26.3 Å². The van der Waals surface area contributed by atoms with Crippen molar-refractivity contribution in [2.45, 2.75) is 62.8 Å². The molecule has 4 heterocycles. The van der Waals surface area contributed by atoms with Crippen LogP contribution < -0.4 is 20.4 Å². The standard InChI is InChI=1S/C24H30N4O6/c29-21-11-19(25-13-17-3-1-9-33-17)23(31)27(21)15-5-7-16(8-6-15)28-22(30)12-20(24(28)32)26-14-18-4-2-10-34-18/h5-8,17-20,25-26H,1-4,9-14H2. The molecule has 1 aromatic carbocycles. The fourth-order valence-electron chi connectivity index (χ4n) is 5.03. The van der Waals surface area contributed by atoms with Gasteiger partial charge >= 0.3 is 0 Å². The minimum absolute atomic E-state index is 0.0794. The number of rotatable bonds is 8. The maximum atomic E-state index is 12.9. The second-order valence-electron chi connectivity index (χ2n) is 9.25. The third-order valence-corrected chi connectivity index (χ3v) is 6.89. The van der Waals surface area contributed by atoms with Crippen LogP contribution in [0.5, 0.6) is 0 Å². The van der Waals surface area contributed by atoms with Gasteiger partial charge in [-0.25, -0.2) is 9.80 Å². The molecule has 5 rings (SSSR count). The SMILES string of the molecule is O=C1CC(NCC2CCCO2)C(=O)N1c1ccc(N2C(=O)CC(NCC3CCCO3)C2=O)cc1. The van der Waals surface area contributed by atoms with Gasteiger partial charge in [-0.2, -0.15) is 0 Å². The van der Waals surface area contributed by atoms with E-state index in [1.54, 1.807) is 24.3 Å². The van der Waals surface area contributed by atoms with Crippen LogP contribution in [0.1, 0.15) is 38.5 Å². The van der Waals surface area contributed by atoms with Crippen molar-refractivity contribution in [3.05, 3.63) is 24.3 Å². The summed E-state index contributed by atoms with van der Waals surface area (Å²) in [5.41, 5.74) is 0.847. The van der Waals surface area contributed by atoms with E-state index in [9.17, 15) is 19.2 Å². The molecule has 4 atom stereocenters. The van der Waals surface area contributed by atoms with E-state index in [0.29, 0.717) is 24.5 Å². The Morgan fingerprint density at radius 3 is 1.47 bits per heavy atom. The average Bonchev–Trinajstić information content (AvgIpc) is 3.61. The van der Waals surface area contributed by atoms with Gasteiger partial charge in [-0.1, -0.05) is 0 Å². The highest BCUT2D eigenvalue weighted by atomic mass is 16.5. The van der Waals surface area contributed by atoms with E-state index in [-0.39, 0.29) is 48.7 Å². The van der Waals surface area contributed by atoms with E-state index in [4.69, 9.17) is 9.47 Å². The molecule has 34 heavy (non-hydrogen) atoms.